The molecule has 0 aromatic carbocycles. The fourth-order valence-corrected chi connectivity index (χ4v) is 4.04. The molecule has 0 unspecified atom stereocenters. The summed E-state index contributed by atoms with van der Waals surface area (Å²) in [5.74, 6) is 0.270. The van der Waals surface area contributed by atoms with E-state index in [1.807, 2.05) is 22.6 Å². The Morgan fingerprint density at radius 2 is 2.22 bits per heavy atom. The highest BCUT2D eigenvalue weighted by atomic mass is 127. The summed E-state index contributed by atoms with van der Waals surface area (Å²) in [4.78, 5) is 20.0. The number of ether oxygens (including phenoxy) is 3. The molecule has 1 saturated carbocycles. The summed E-state index contributed by atoms with van der Waals surface area (Å²) >= 11 is 2.05. The van der Waals surface area contributed by atoms with Crippen molar-refractivity contribution in [2.45, 2.75) is 50.0 Å². The van der Waals surface area contributed by atoms with Gasteiger partial charge in [-0.3, -0.25) is 0 Å². The van der Waals surface area contributed by atoms with E-state index in [1.165, 1.54) is 10.9 Å². The SMILES string of the molecule is Nc1ncnc2c1c(I)cn2[C@@H]1O[C@H](CO)[C@@H](OC(=O)OC2CCC2)[C@@H]1F. The number of aliphatic hydroxyl groups excluding tert-OH is 1. The van der Waals surface area contributed by atoms with Gasteiger partial charge in [-0.1, -0.05) is 0 Å². The fraction of sp³-hybridized carbons (Fsp3) is 0.562. The number of rotatable bonds is 4. The Labute approximate surface area is 167 Å². The van der Waals surface area contributed by atoms with E-state index < -0.39 is 37.4 Å². The first kappa shape index (κ1) is 18.6. The van der Waals surface area contributed by atoms with Crippen LogP contribution in [0.5, 0.6) is 0 Å². The summed E-state index contributed by atoms with van der Waals surface area (Å²) in [5, 5.41) is 10.1. The van der Waals surface area contributed by atoms with Gasteiger partial charge in [0.2, 0.25) is 0 Å². The van der Waals surface area contributed by atoms with Crippen molar-refractivity contribution in [2.75, 3.05) is 12.3 Å². The van der Waals surface area contributed by atoms with Gasteiger partial charge in [-0.25, -0.2) is 19.2 Å². The van der Waals surface area contributed by atoms with Crippen LogP contribution in [0.15, 0.2) is 12.5 Å². The van der Waals surface area contributed by atoms with Crippen LogP contribution >= 0.6 is 22.6 Å². The van der Waals surface area contributed by atoms with Gasteiger partial charge in [-0.05, 0) is 41.9 Å². The fourth-order valence-electron chi connectivity index (χ4n) is 3.23. The van der Waals surface area contributed by atoms with Crippen LogP contribution in [0.3, 0.4) is 0 Å². The lowest BCUT2D eigenvalue weighted by molar-refractivity contribution is -0.0662. The number of anilines is 1. The third-order valence-corrected chi connectivity index (χ3v) is 5.68. The molecule has 1 aliphatic carbocycles. The van der Waals surface area contributed by atoms with E-state index in [2.05, 4.69) is 9.97 Å². The van der Waals surface area contributed by atoms with Crippen molar-refractivity contribution >= 4 is 45.6 Å². The average molecular weight is 492 g/mol. The minimum Gasteiger partial charge on any atom is -0.431 e. The molecule has 4 rings (SSSR count). The maximum absolute atomic E-state index is 15.1. The number of hydrogen-bond donors (Lipinski definition) is 2. The van der Waals surface area contributed by atoms with Gasteiger partial charge in [-0.15, -0.1) is 0 Å². The molecule has 0 spiro atoms. The van der Waals surface area contributed by atoms with Crippen LogP contribution in [0.25, 0.3) is 11.0 Å². The largest absolute Gasteiger partial charge is 0.509 e. The monoisotopic (exact) mass is 492 g/mol. The highest BCUT2D eigenvalue weighted by molar-refractivity contribution is 14.1. The highest BCUT2D eigenvalue weighted by Crippen LogP contribution is 2.38. The number of aliphatic hydroxyl groups is 1. The minimum absolute atomic E-state index is 0.184. The number of alkyl halides is 1. The van der Waals surface area contributed by atoms with E-state index in [0.29, 0.717) is 11.0 Å². The third-order valence-electron chi connectivity index (χ3n) is 4.86. The Bertz CT molecular complexity index is 861. The first-order chi connectivity index (χ1) is 13.0. The molecule has 2 aliphatic rings. The summed E-state index contributed by atoms with van der Waals surface area (Å²) < 4.78 is 33.2. The van der Waals surface area contributed by atoms with E-state index in [9.17, 15) is 9.90 Å². The van der Waals surface area contributed by atoms with Crippen molar-refractivity contribution < 1.29 is 28.5 Å². The summed E-state index contributed by atoms with van der Waals surface area (Å²) in [6, 6.07) is 0. The molecule has 0 radical (unpaired) electrons. The zero-order valence-corrected chi connectivity index (χ0v) is 16.3. The number of carbonyl (C=O) groups is 1. The van der Waals surface area contributed by atoms with Gasteiger partial charge in [0.05, 0.1) is 12.0 Å². The topological polar surface area (TPSA) is 122 Å². The van der Waals surface area contributed by atoms with E-state index >= 15 is 4.39 Å². The van der Waals surface area contributed by atoms with Gasteiger partial charge in [0.15, 0.2) is 18.5 Å². The van der Waals surface area contributed by atoms with Gasteiger partial charge in [0, 0.05) is 9.77 Å². The van der Waals surface area contributed by atoms with Crippen molar-refractivity contribution in [1.82, 2.24) is 14.5 Å². The van der Waals surface area contributed by atoms with E-state index in [-0.39, 0.29) is 11.9 Å². The number of carbonyl (C=O) groups excluding carboxylic acids is 1. The van der Waals surface area contributed by atoms with Gasteiger partial charge in [-0.2, -0.15) is 0 Å². The average Bonchev–Trinajstić information content (AvgIpc) is 3.10. The molecule has 0 amide bonds. The molecule has 0 bridgehead atoms. The molecule has 4 atom stereocenters. The minimum atomic E-state index is -1.72. The summed E-state index contributed by atoms with van der Waals surface area (Å²) in [7, 11) is 0. The zero-order valence-electron chi connectivity index (χ0n) is 14.1. The van der Waals surface area contributed by atoms with Crippen LogP contribution in [-0.4, -0.2) is 56.9 Å². The molecular weight excluding hydrogens is 474 g/mol. The lowest BCUT2D eigenvalue weighted by Gasteiger charge is -2.26. The summed E-state index contributed by atoms with van der Waals surface area (Å²) in [5.41, 5.74) is 6.28. The predicted molar refractivity (Wildman–Crippen MR) is 99.5 cm³/mol. The molecule has 2 aromatic rings. The lowest BCUT2D eigenvalue weighted by atomic mass is 9.96. The molecule has 1 aliphatic heterocycles. The van der Waals surface area contributed by atoms with Crippen LogP contribution in [0.1, 0.15) is 25.5 Å². The predicted octanol–water partition coefficient (Wildman–Crippen LogP) is 1.92. The van der Waals surface area contributed by atoms with Crippen molar-refractivity contribution in [3.05, 3.63) is 16.1 Å². The number of nitrogens with zero attached hydrogens (tertiary/aromatic N) is 3. The van der Waals surface area contributed by atoms with Crippen LogP contribution in [0, 0.1) is 3.57 Å². The number of aromatic nitrogens is 3. The number of halogens is 2. The Hall–Kier alpha value is -1.73. The van der Waals surface area contributed by atoms with Crippen molar-refractivity contribution in [3.63, 3.8) is 0 Å². The molecule has 27 heavy (non-hydrogen) atoms. The molecule has 2 fully saturated rings. The number of nitrogens with two attached hydrogens (primary N) is 1. The standard InChI is InChI=1S/C16H18FIN4O5/c17-11-12(27-16(24)25-7-2-1-3-7)9(5-23)26-15(11)22-4-8(18)10-13(19)20-6-21-14(10)22/h4,6-7,9,11-12,15,23H,1-3,5H2,(H2,19,20,21)/t9-,11+,12-,15-/m1/s1. The zero-order chi connectivity index (χ0) is 19.1. The highest BCUT2D eigenvalue weighted by Gasteiger charge is 2.49. The maximum Gasteiger partial charge on any atom is 0.509 e. The second-order valence-electron chi connectivity index (χ2n) is 6.54. The first-order valence-corrected chi connectivity index (χ1v) is 9.61. The smallest absolute Gasteiger partial charge is 0.431 e. The van der Waals surface area contributed by atoms with Gasteiger partial charge < -0.3 is 29.6 Å². The van der Waals surface area contributed by atoms with Gasteiger partial charge >= 0.3 is 6.16 Å². The van der Waals surface area contributed by atoms with Crippen LogP contribution in [0.2, 0.25) is 0 Å². The normalized spacial score (nSPS) is 28.3. The molecule has 1 saturated heterocycles. The lowest BCUT2D eigenvalue weighted by Crippen LogP contribution is -2.37. The Morgan fingerprint density at radius 1 is 1.44 bits per heavy atom. The van der Waals surface area contributed by atoms with Crippen molar-refractivity contribution in [2.24, 2.45) is 0 Å². The number of nitrogen functional groups attached to an aromatic ring is 1. The second kappa shape index (κ2) is 7.36. The molecule has 9 nitrogen and oxygen atoms in total. The Morgan fingerprint density at radius 3 is 2.89 bits per heavy atom. The molecular formula is C16H18FIN4O5. The number of fused-ring (bicyclic) bond motifs is 1. The van der Waals surface area contributed by atoms with E-state index in [4.69, 9.17) is 19.9 Å². The van der Waals surface area contributed by atoms with Crippen molar-refractivity contribution in [1.29, 1.82) is 0 Å². The quantitative estimate of drug-likeness (QED) is 0.491. The number of hydrogen-bond acceptors (Lipinski definition) is 8. The molecule has 146 valence electrons. The van der Waals surface area contributed by atoms with E-state index in [0.717, 1.165) is 22.8 Å². The molecule has 3 heterocycles. The van der Waals surface area contributed by atoms with Gasteiger partial charge in [0.1, 0.15) is 30.0 Å². The molecule has 3 N–H and O–H groups in total. The van der Waals surface area contributed by atoms with Crippen LogP contribution in [-0.2, 0) is 14.2 Å². The van der Waals surface area contributed by atoms with Gasteiger partial charge in [0.25, 0.3) is 0 Å². The first-order valence-electron chi connectivity index (χ1n) is 8.53. The van der Waals surface area contributed by atoms with Crippen molar-refractivity contribution in [3.8, 4) is 0 Å². The molecule has 11 heteroatoms. The van der Waals surface area contributed by atoms with Crippen LogP contribution < -0.4 is 5.73 Å². The second-order valence-corrected chi connectivity index (χ2v) is 7.70. The van der Waals surface area contributed by atoms with E-state index in [1.54, 1.807) is 6.20 Å². The third kappa shape index (κ3) is 3.31. The maximum atomic E-state index is 15.1. The Balaban J connectivity index is 1.58. The summed E-state index contributed by atoms with van der Waals surface area (Å²) in [6.07, 6.45) is -0.854. The Kier molecular flexibility index (Phi) is 5.07. The summed E-state index contributed by atoms with van der Waals surface area (Å²) in [6.45, 7) is -0.508. The molecule has 2 aromatic heterocycles. The van der Waals surface area contributed by atoms with Crippen LogP contribution in [0.4, 0.5) is 15.0 Å².